The minimum absolute atomic E-state index is 0.0214. The first-order valence-electron chi connectivity index (χ1n) is 19.5. The fraction of sp³-hybridized carbons (Fsp3) is 0.750. The predicted octanol–water partition coefficient (Wildman–Crippen LogP) is 7.96. The van der Waals surface area contributed by atoms with Crippen molar-refractivity contribution in [1.29, 1.82) is 0 Å². The SMILES string of the molecule is C[C@]12CCSSC3(CCCCC3)[C@@]34C[C@H](CSSCc5cccc(c5)C[C@@H]3CN=C(N)N4)CC3=C4C[C@H]1C[C@H](CO)[C@@H](CCCO)[C@@]42CC3=O. The van der Waals surface area contributed by atoms with E-state index in [4.69, 9.17) is 10.7 Å². The molecule has 0 saturated heterocycles. The smallest absolute Gasteiger partial charge is 0.189 e. The zero-order chi connectivity index (χ0) is 34.6. The van der Waals surface area contributed by atoms with E-state index in [9.17, 15) is 15.0 Å². The number of allylic oxidation sites excluding steroid dienone is 2. The number of fused-ring (bicyclic) bond motifs is 3. The van der Waals surface area contributed by atoms with Gasteiger partial charge < -0.3 is 21.3 Å². The molecule has 0 amide bonds. The second-order valence-corrected chi connectivity index (χ2v) is 22.4. The minimum atomic E-state index is -0.231. The Labute approximate surface area is 315 Å². The lowest BCUT2D eigenvalue weighted by Gasteiger charge is -2.58. The van der Waals surface area contributed by atoms with E-state index in [2.05, 4.69) is 58.1 Å². The molecule has 3 fully saturated rings. The summed E-state index contributed by atoms with van der Waals surface area (Å²) in [5, 5.41) is 24.9. The van der Waals surface area contributed by atoms with E-state index in [0.29, 0.717) is 35.9 Å². The van der Waals surface area contributed by atoms with Crippen molar-refractivity contribution in [3.63, 3.8) is 0 Å². The van der Waals surface area contributed by atoms with E-state index in [1.807, 2.05) is 21.6 Å². The average Bonchev–Trinajstić information content (AvgIpc) is 3.44. The van der Waals surface area contributed by atoms with Crippen LogP contribution in [0, 0.1) is 40.4 Å². The fourth-order valence-electron chi connectivity index (χ4n) is 12.6. The number of aliphatic imine (C=N–C) groups is 1. The molecule has 9 bridgehead atoms. The molecule has 8 atom stereocenters. The molecule has 3 spiro atoms. The van der Waals surface area contributed by atoms with Crippen LogP contribution in [-0.2, 0) is 17.0 Å². The number of guanidine groups is 1. The van der Waals surface area contributed by atoms with Crippen molar-refractivity contribution in [2.24, 2.45) is 51.1 Å². The Kier molecular flexibility index (Phi) is 10.5. The summed E-state index contributed by atoms with van der Waals surface area (Å²) in [6.45, 7) is 3.63. The van der Waals surface area contributed by atoms with Crippen LogP contribution in [0.5, 0.6) is 0 Å². The van der Waals surface area contributed by atoms with Crippen LogP contribution in [0.3, 0.4) is 0 Å². The Hall–Kier alpha value is -0.780. The first-order chi connectivity index (χ1) is 24.3. The summed E-state index contributed by atoms with van der Waals surface area (Å²) in [7, 11) is 8.27. The monoisotopic (exact) mass is 755 g/mol. The number of benzene rings is 1. The molecule has 8 rings (SSSR count). The van der Waals surface area contributed by atoms with Gasteiger partial charge in [-0.3, -0.25) is 9.79 Å². The van der Waals surface area contributed by atoms with Gasteiger partial charge in [-0.1, -0.05) is 99.2 Å². The highest BCUT2D eigenvalue weighted by Gasteiger charge is 2.70. The summed E-state index contributed by atoms with van der Waals surface area (Å²) >= 11 is 0. The van der Waals surface area contributed by atoms with E-state index in [-0.39, 0.29) is 46.2 Å². The van der Waals surface area contributed by atoms with Crippen LogP contribution >= 0.6 is 43.2 Å². The van der Waals surface area contributed by atoms with Crippen LogP contribution in [0.1, 0.15) is 102 Å². The van der Waals surface area contributed by atoms with Crippen LogP contribution < -0.4 is 11.1 Å². The number of rotatable bonds is 4. The molecule has 274 valence electrons. The van der Waals surface area contributed by atoms with E-state index in [0.717, 1.165) is 80.7 Å². The van der Waals surface area contributed by atoms with Gasteiger partial charge in [-0.2, -0.15) is 0 Å². The second-order valence-electron chi connectivity index (χ2n) is 17.1. The minimum Gasteiger partial charge on any atom is -0.396 e. The quantitative estimate of drug-likeness (QED) is 0.228. The van der Waals surface area contributed by atoms with Gasteiger partial charge in [-0.15, -0.1) is 0 Å². The Morgan fingerprint density at radius 3 is 2.68 bits per heavy atom. The van der Waals surface area contributed by atoms with Crippen LogP contribution in [0.25, 0.3) is 0 Å². The largest absolute Gasteiger partial charge is 0.396 e. The van der Waals surface area contributed by atoms with Gasteiger partial charge in [-0.05, 0) is 110 Å². The van der Waals surface area contributed by atoms with Crippen molar-refractivity contribution < 1.29 is 15.0 Å². The van der Waals surface area contributed by atoms with Crippen molar-refractivity contribution in [2.75, 3.05) is 31.3 Å². The predicted molar refractivity (Wildman–Crippen MR) is 213 cm³/mol. The normalized spacial score (nSPS) is 39.9. The molecule has 3 saturated carbocycles. The summed E-state index contributed by atoms with van der Waals surface area (Å²) < 4.78 is 0.0214. The highest BCUT2D eigenvalue weighted by atomic mass is 33.1. The molecule has 0 unspecified atom stereocenters. The van der Waals surface area contributed by atoms with Gasteiger partial charge in [0.05, 0.1) is 5.54 Å². The number of hydrogen-bond acceptors (Lipinski definition) is 10. The number of ketones is 1. The maximum absolute atomic E-state index is 14.7. The van der Waals surface area contributed by atoms with Crippen molar-refractivity contribution in [1.82, 2.24) is 5.32 Å². The number of aliphatic hydroxyl groups excluding tert-OH is 2. The van der Waals surface area contributed by atoms with Gasteiger partial charge in [0.15, 0.2) is 11.7 Å². The lowest BCUT2D eigenvalue weighted by atomic mass is 9.47. The number of carbonyl (C=O) groups excluding carboxylic acids is 1. The number of aliphatic hydroxyl groups is 2. The zero-order valence-corrected chi connectivity index (χ0v) is 33.1. The second kappa shape index (κ2) is 14.5. The summed E-state index contributed by atoms with van der Waals surface area (Å²) in [6.07, 6.45) is 14.4. The van der Waals surface area contributed by atoms with E-state index < -0.39 is 0 Å². The molecule has 0 radical (unpaired) electrons. The number of nitrogens with two attached hydrogens (primary N) is 1. The van der Waals surface area contributed by atoms with Gasteiger partial charge in [0.2, 0.25) is 0 Å². The van der Waals surface area contributed by atoms with Crippen LogP contribution in [0.4, 0.5) is 0 Å². The summed E-state index contributed by atoms with van der Waals surface area (Å²) in [4.78, 5) is 19.6. The first kappa shape index (κ1) is 36.2. The number of carbonyl (C=O) groups is 1. The van der Waals surface area contributed by atoms with Gasteiger partial charge in [0, 0.05) is 59.5 Å². The van der Waals surface area contributed by atoms with Crippen molar-refractivity contribution in [3.05, 3.63) is 46.5 Å². The number of hydrogen-bond donors (Lipinski definition) is 4. The third-order valence-electron chi connectivity index (χ3n) is 14.9. The van der Waals surface area contributed by atoms with Gasteiger partial charge in [-0.25, -0.2) is 0 Å². The standard InChI is InChI=1S/C40H57N3O3S4/c1-37-12-14-47-50-38(10-3-2-4-11-38)40-20-28(25-49-48-24-27-8-5-7-26(15-27)16-31(40)22-42-36(41)43-40)17-32-34-19-30(37)18-29(23-45)33(9-6-13-44)39(34,37)21-35(32)46/h5,7-8,15,28-31,33,44-45H,2-4,6,9-14,16-25H2,1H3,(H3,41,42,43)/t28-,29-,30-,31-,33-,37+,39+,40-/m1/s1. The average molecular weight is 756 g/mol. The lowest BCUT2D eigenvalue weighted by molar-refractivity contribution is -0.125. The molecule has 50 heavy (non-hydrogen) atoms. The van der Waals surface area contributed by atoms with E-state index in [1.54, 1.807) is 0 Å². The Morgan fingerprint density at radius 2 is 1.86 bits per heavy atom. The zero-order valence-electron chi connectivity index (χ0n) is 29.8. The molecule has 1 aromatic carbocycles. The number of Topliss-reactive ketones (excluding diaryl/α,β-unsaturated/α-hetero) is 1. The maximum atomic E-state index is 14.7. The molecule has 7 aliphatic rings. The van der Waals surface area contributed by atoms with Crippen LogP contribution in [0.15, 0.2) is 40.4 Å². The van der Waals surface area contributed by atoms with Crippen molar-refractivity contribution in [3.8, 4) is 0 Å². The van der Waals surface area contributed by atoms with Crippen molar-refractivity contribution in [2.45, 2.75) is 113 Å². The molecule has 3 aliphatic heterocycles. The first-order valence-corrected chi connectivity index (χ1v) is 24.3. The summed E-state index contributed by atoms with van der Waals surface area (Å²) in [5.74, 6) is 5.64. The highest BCUT2D eigenvalue weighted by molar-refractivity contribution is 8.77. The molecule has 3 heterocycles. The fourth-order valence-corrected chi connectivity index (χ4v) is 18.9. The number of nitrogens with zero attached hydrogens (tertiary/aromatic N) is 1. The molecule has 5 N–H and O–H groups in total. The van der Waals surface area contributed by atoms with Gasteiger partial charge in [0.1, 0.15) is 0 Å². The topological polar surface area (TPSA) is 108 Å². The van der Waals surface area contributed by atoms with Crippen molar-refractivity contribution >= 4 is 54.9 Å². The van der Waals surface area contributed by atoms with Crippen LogP contribution in [0.2, 0.25) is 0 Å². The van der Waals surface area contributed by atoms with E-state index >= 15 is 0 Å². The molecule has 10 heteroatoms. The molecule has 1 aromatic rings. The third-order valence-corrected chi connectivity index (χ3v) is 20.7. The number of nitrogens with one attached hydrogen (secondary N) is 1. The molecular formula is C40H57N3O3S4. The highest BCUT2D eigenvalue weighted by Crippen LogP contribution is 2.76. The third kappa shape index (κ3) is 5.86. The molecule has 0 aromatic heterocycles. The van der Waals surface area contributed by atoms with Gasteiger partial charge in [0.25, 0.3) is 0 Å². The lowest BCUT2D eigenvalue weighted by Crippen LogP contribution is -2.71. The summed E-state index contributed by atoms with van der Waals surface area (Å²) in [5.41, 5.74) is 11.8. The van der Waals surface area contributed by atoms with Crippen LogP contribution in [-0.4, -0.2) is 63.5 Å². The Morgan fingerprint density at radius 1 is 1.02 bits per heavy atom. The van der Waals surface area contributed by atoms with E-state index in [1.165, 1.54) is 48.8 Å². The molecular weight excluding hydrogens is 699 g/mol. The Bertz CT molecular complexity index is 1510. The Balaban J connectivity index is 1.28. The van der Waals surface area contributed by atoms with Gasteiger partial charge >= 0.3 is 0 Å². The maximum Gasteiger partial charge on any atom is 0.189 e. The molecule has 6 nitrogen and oxygen atoms in total. The summed E-state index contributed by atoms with van der Waals surface area (Å²) in [6, 6.07) is 9.27. The molecule has 4 aliphatic carbocycles.